The molecule has 1 aliphatic rings. The number of hydrogen-bond acceptors (Lipinski definition) is 8. The molecule has 1 saturated heterocycles. The van der Waals surface area contributed by atoms with E-state index in [9.17, 15) is 9.59 Å². The van der Waals surface area contributed by atoms with Crippen LogP contribution in [-0.4, -0.2) is 68.8 Å². The maximum absolute atomic E-state index is 12.5. The van der Waals surface area contributed by atoms with Crippen LogP contribution in [0.5, 0.6) is 0 Å². The minimum atomic E-state index is -0.729. The zero-order chi connectivity index (χ0) is 16.2. The molecule has 0 atom stereocenters. The lowest BCUT2D eigenvalue weighted by atomic mass is 10.3. The summed E-state index contributed by atoms with van der Waals surface area (Å²) in [5.41, 5.74) is 0.427. The molecule has 10 nitrogen and oxygen atoms in total. The first-order valence-electron chi connectivity index (χ1n) is 6.99. The third-order valence-corrected chi connectivity index (χ3v) is 3.78. The number of nitrogens with zero attached hydrogens (tertiary/aromatic N) is 6. The Bertz CT molecular complexity index is 794. The lowest BCUT2D eigenvalue weighted by molar-refractivity contribution is 0.0300. The summed E-state index contributed by atoms with van der Waals surface area (Å²) in [4.78, 5) is 33.8. The highest BCUT2D eigenvalue weighted by atomic mass is 32.1. The molecule has 1 aliphatic heterocycles. The third kappa shape index (κ3) is 3.19. The maximum atomic E-state index is 12.5. The van der Waals surface area contributed by atoms with E-state index in [0.717, 1.165) is 11.5 Å². The van der Waals surface area contributed by atoms with Gasteiger partial charge in [-0.2, -0.15) is 0 Å². The summed E-state index contributed by atoms with van der Waals surface area (Å²) in [5.74, 6) is -0.247. The standard InChI is InChI=1S/C12H14N6O4S/c1-2-22-12(20)14-11-18-7-13-8(9(18)15-16-23-11)10(19)17-3-5-21-6-4-17/h7H,2-6H2,1H3/b14-11+. The quantitative estimate of drug-likeness (QED) is 0.740. The highest BCUT2D eigenvalue weighted by molar-refractivity contribution is 7.02. The fourth-order valence-electron chi connectivity index (χ4n) is 2.09. The van der Waals surface area contributed by atoms with E-state index < -0.39 is 6.09 Å². The van der Waals surface area contributed by atoms with Gasteiger partial charge in [0.25, 0.3) is 5.91 Å². The van der Waals surface area contributed by atoms with Gasteiger partial charge in [-0.25, -0.2) is 9.78 Å². The minimum absolute atomic E-state index is 0.174. The normalized spacial score (nSPS) is 15.9. The molecule has 11 heteroatoms. The summed E-state index contributed by atoms with van der Waals surface area (Å²) in [7, 11) is 0. The Morgan fingerprint density at radius 3 is 2.96 bits per heavy atom. The van der Waals surface area contributed by atoms with E-state index in [-0.39, 0.29) is 28.7 Å². The lowest BCUT2D eigenvalue weighted by Gasteiger charge is -2.25. The number of aromatic nitrogens is 4. The van der Waals surface area contributed by atoms with Gasteiger partial charge in [-0.15, -0.1) is 10.1 Å². The average Bonchev–Trinajstić information content (AvgIpc) is 3.00. The van der Waals surface area contributed by atoms with E-state index in [2.05, 4.69) is 19.6 Å². The third-order valence-electron chi connectivity index (χ3n) is 3.16. The van der Waals surface area contributed by atoms with Crippen LogP contribution in [0, 0.1) is 0 Å². The summed E-state index contributed by atoms with van der Waals surface area (Å²) in [6.45, 7) is 3.90. The molecule has 3 heterocycles. The molecule has 0 spiro atoms. The number of carbonyl (C=O) groups excluding carboxylic acids is 2. The fraction of sp³-hybridized carbons (Fsp3) is 0.500. The summed E-state index contributed by atoms with van der Waals surface area (Å²) in [6.07, 6.45) is 0.666. The first-order chi connectivity index (χ1) is 11.2. The number of hydrogen-bond donors (Lipinski definition) is 0. The predicted octanol–water partition coefficient (Wildman–Crippen LogP) is -0.285. The van der Waals surface area contributed by atoms with Crippen LogP contribution in [0.1, 0.15) is 17.4 Å². The second-order valence-corrected chi connectivity index (χ2v) is 5.27. The number of morpholine rings is 1. The number of ether oxygens (including phenoxy) is 2. The fourth-order valence-corrected chi connectivity index (χ4v) is 2.62. The summed E-state index contributed by atoms with van der Waals surface area (Å²) in [6, 6.07) is 0. The number of imidazole rings is 1. The van der Waals surface area contributed by atoms with Gasteiger partial charge in [0.15, 0.2) is 11.3 Å². The molecule has 2 aromatic heterocycles. The molecule has 1 fully saturated rings. The van der Waals surface area contributed by atoms with Crippen molar-refractivity contribution in [2.45, 2.75) is 6.92 Å². The van der Waals surface area contributed by atoms with Gasteiger partial charge in [0.1, 0.15) is 6.33 Å². The van der Waals surface area contributed by atoms with Gasteiger partial charge in [0.05, 0.1) is 19.8 Å². The van der Waals surface area contributed by atoms with Crippen molar-refractivity contribution < 1.29 is 19.1 Å². The molecule has 0 aliphatic carbocycles. The van der Waals surface area contributed by atoms with Crippen LogP contribution in [0.4, 0.5) is 4.79 Å². The van der Waals surface area contributed by atoms with Gasteiger partial charge in [-0.3, -0.25) is 9.20 Å². The largest absolute Gasteiger partial charge is 0.448 e. The Labute approximate surface area is 134 Å². The van der Waals surface area contributed by atoms with Crippen molar-refractivity contribution in [2.24, 2.45) is 4.99 Å². The van der Waals surface area contributed by atoms with Crippen molar-refractivity contribution in [1.29, 1.82) is 0 Å². The van der Waals surface area contributed by atoms with Gasteiger partial charge in [-0.05, 0) is 6.92 Å². The Kier molecular flexibility index (Phi) is 4.57. The zero-order valence-electron chi connectivity index (χ0n) is 12.3. The molecule has 0 aromatic carbocycles. The molecule has 0 unspecified atom stereocenters. The van der Waals surface area contributed by atoms with E-state index in [1.165, 1.54) is 10.7 Å². The topological polar surface area (TPSA) is 111 Å². The van der Waals surface area contributed by atoms with Gasteiger partial charge in [-0.1, -0.05) is 4.49 Å². The average molecular weight is 338 g/mol. The molecule has 122 valence electrons. The van der Waals surface area contributed by atoms with Crippen molar-refractivity contribution >= 4 is 29.2 Å². The molecule has 0 saturated carbocycles. The van der Waals surface area contributed by atoms with Crippen LogP contribution in [0.25, 0.3) is 5.65 Å². The second-order valence-electron chi connectivity index (χ2n) is 4.56. The van der Waals surface area contributed by atoms with Crippen molar-refractivity contribution in [3.63, 3.8) is 0 Å². The van der Waals surface area contributed by atoms with Gasteiger partial charge >= 0.3 is 6.09 Å². The van der Waals surface area contributed by atoms with Crippen molar-refractivity contribution in [3.05, 3.63) is 16.8 Å². The van der Waals surface area contributed by atoms with Crippen LogP contribution in [0.15, 0.2) is 11.3 Å². The molecule has 2 amide bonds. The SMILES string of the molecule is CCOC(=O)/N=c1/snnc2c(C(=O)N3CCOCC3)ncn12. The van der Waals surface area contributed by atoms with E-state index >= 15 is 0 Å². The smallest absolute Gasteiger partial charge is 0.436 e. The van der Waals surface area contributed by atoms with Crippen LogP contribution in [0.3, 0.4) is 0 Å². The Morgan fingerprint density at radius 1 is 1.43 bits per heavy atom. The van der Waals surface area contributed by atoms with Crippen LogP contribution >= 0.6 is 11.5 Å². The molecular weight excluding hydrogens is 324 g/mol. The molecule has 0 bridgehead atoms. The van der Waals surface area contributed by atoms with E-state index in [4.69, 9.17) is 9.47 Å². The molecule has 0 radical (unpaired) electrons. The molecule has 2 aromatic rings. The monoisotopic (exact) mass is 338 g/mol. The van der Waals surface area contributed by atoms with E-state index in [1.54, 1.807) is 11.8 Å². The van der Waals surface area contributed by atoms with Crippen molar-refractivity contribution in [2.75, 3.05) is 32.9 Å². The van der Waals surface area contributed by atoms with Crippen molar-refractivity contribution in [3.8, 4) is 0 Å². The van der Waals surface area contributed by atoms with Crippen molar-refractivity contribution in [1.82, 2.24) is 23.9 Å². The number of rotatable bonds is 2. The maximum Gasteiger partial charge on any atom is 0.436 e. The molecular formula is C12H14N6O4S. The second kappa shape index (κ2) is 6.79. The number of amides is 2. The van der Waals surface area contributed by atoms with Gasteiger partial charge in [0, 0.05) is 24.6 Å². The highest BCUT2D eigenvalue weighted by Crippen LogP contribution is 2.09. The molecule has 23 heavy (non-hydrogen) atoms. The van der Waals surface area contributed by atoms with E-state index in [0.29, 0.717) is 26.3 Å². The van der Waals surface area contributed by atoms with Crippen LogP contribution < -0.4 is 4.80 Å². The van der Waals surface area contributed by atoms with Gasteiger partial charge < -0.3 is 14.4 Å². The number of fused-ring (bicyclic) bond motifs is 1. The zero-order valence-corrected chi connectivity index (χ0v) is 13.2. The lowest BCUT2D eigenvalue weighted by Crippen LogP contribution is -2.41. The Balaban J connectivity index is 1.98. The van der Waals surface area contributed by atoms with Gasteiger partial charge in [0.2, 0.25) is 4.80 Å². The Hall–Kier alpha value is -2.40. The first-order valence-corrected chi connectivity index (χ1v) is 7.76. The number of carbonyl (C=O) groups is 2. The highest BCUT2D eigenvalue weighted by Gasteiger charge is 2.24. The summed E-state index contributed by atoms with van der Waals surface area (Å²) < 4.78 is 15.3. The predicted molar refractivity (Wildman–Crippen MR) is 78.0 cm³/mol. The molecule has 3 rings (SSSR count). The minimum Gasteiger partial charge on any atom is -0.448 e. The van der Waals surface area contributed by atoms with Crippen LogP contribution in [0.2, 0.25) is 0 Å². The summed E-state index contributed by atoms with van der Waals surface area (Å²) >= 11 is 0.906. The first kappa shape index (κ1) is 15.5. The molecule has 0 N–H and O–H groups in total. The summed E-state index contributed by atoms with van der Waals surface area (Å²) in [5, 5.41) is 3.95. The van der Waals surface area contributed by atoms with Crippen LogP contribution in [-0.2, 0) is 9.47 Å². The Morgan fingerprint density at radius 2 is 2.22 bits per heavy atom. The van der Waals surface area contributed by atoms with E-state index in [1.807, 2.05) is 0 Å².